The van der Waals surface area contributed by atoms with Gasteiger partial charge in [0.05, 0.1) is 0 Å². The maximum absolute atomic E-state index is 13.7. The van der Waals surface area contributed by atoms with Gasteiger partial charge in [0.15, 0.2) is 8.07 Å². The topological polar surface area (TPSA) is 0 Å². The minimum absolute atomic E-state index is 0.381. The Labute approximate surface area is 167 Å². The molecule has 0 unspecified atom stereocenters. The number of hydrogen-bond acceptors (Lipinski definition) is 0. The lowest BCUT2D eigenvalue weighted by Gasteiger charge is -2.34. The van der Waals surface area contributed by atoms with Crippen molar-refractivity contribution >= 4 is 28.8 Å². The first-order valence-electron chi connectivity index (χ1n) is 9.04. The highest BCUT2D eigenvalue weighted by Gasteiger charge is 2.41. The molecule has 29 heavy (non-hydrogen) atoms. The quantitative estimate of drug-likeness (QED) is 0.275. The summed E-state index contributed by atoms with van der Waals surface area (Å²) in [6.07, 6.45) is 0. The van der Waals surface area contributed by atoms with Crippen LogP contribution in [0.3, 0.4) is 0 Å². The van der Waals surface area contributed by atoms with Gasteiger partial charge in [0.25, 0.3) is 0 Å². The molecule has 144 valence electrons. The van der Waals surface area contributed by atoms with Crippen molar-refractivity contribution < 1.29 is 17.6 Å². The number of halogens is 4. The molecule has 0 radical (unpaired) electrons. The maximum atomic E-state index is 13.7. The van der Waals surface area contributed by atoms with Gasteiger partial charge in [-0.3, -0.25) is 0 Å². The van der Waals surface area contributed by atoms with E-state index in [4.69, 9.17) is 0 Å². The Balaban J connectivity index is 2.11. The largest absolute Gasteiger partial charge is 0.207 e. The lowest BCUT2D eigenvalue weighted by atomic mass is 10.3. The Hall–Kier alpha value is -3.18. The number of benzene rings is 4. The summed E-state index contributed by atoms with van der Waals surface area (Å²) in [4.78, 5) is 0. The third kappa shape index (κ3) is 3.49. The molecule has 0 aliphatic rings. The maximum Gasteiger partial charge on any atom is 0.179 e. The minimum Gasteiger partial charge on any atom is -0.207 e. The van der Waals surface area contributed by atoms with E-state index < -0.39 is 8.07 Å². The monoisotopic (exact) mass is 408 g/mol. The first-order valence-corrected chi connectivity index (χ1v) is 11.0. The Morgan fingerprint density at radius 2 is 0.483 bits per heavy atom. The van der Waals surface area contributed by atoms with Crippen molar-refractivity contribution in [1.82, 2.24) is 0 Å². The van der Waals surface area contributed by atoms with Crippen LogP contribution in [-0.2, 0) is 0 Å². The van der Waals surface area contributed by atoms with E-state index in [1.54, 1.807) is 48.5 Å². The van der Waals surface area contributed by atoms with E-state index in [1.807, 2.05) is 0 Å². The molecule has 0 aliphatic heterocycles. The van der Waals surface area contributed by atoms with Gasteiger partial charge in [-0.2, -0.15) is 0 Å². The van der Waals surface area contributed by atoms with Crippen LogP contribution >= 0.6 is 0 Å². The molecule has 4 rings (SSSR count). The third-order valence-corrected chi connectivity index (χ3v) is 9.91. The molecule has 0 N–H and O–H groups in total. The fraction of sp³-hybridized carbons (Fsp3) is 0. The van der Waals surface area contributed by atoms with Crippen molar-refractivity contribution in [3.8, 4) is 0 Å². The summed E-state index contributed by atoms with van der Waals surface area (Å²) in [5.41, 5.74) is 0. The molecule has 0 heterocycles. The van der Waals surface area contributed by atoms with Crippen molar-refractivity contribution in [3.63, 3.8) is 0 Å². The lowest BCUT2D eigenvalue weighted by Crippen LogP contribution is -2.74. The van der Waals surface area contributed by atoms with Gasteiger partial charge in [-0.1, -0.05) is 48.5 Å². The Morgan fingerprint density at radius 1 is 0.310 bits per heavy atom. The Kier molecular flexibility index (Phi) is 5.07. The van der Waals surface area contributed by atoms with Crippen LogP contribution < -0.4 is 20.7 Å². The highest BCUT2D eigenvalue weighted by atomic mass is 28.3. The van der Waals surface area contributed by atoms with Gasteiger partial charge in [0.2, 0.25) is 0 Å². The summed E-state index contributed by atoms with van der Waals surface area (Å²) in [5.74, 6) is -1.52. The second kappa shape index (κ2) is 7.68. The smallest absolute Gasteiger partial charge is 0.179 e. The van der Waals surface area contributed by atoms with Gasteiger partial charge in [0.1, 0.15) is 23.3 Å². The average molecular weight is 408 g/mol. The standard InChI is InChI=1S/C24H16F4Si/c25-17-1-9-21(10-2-17)29(22-11-3-18(26)4-12-22,23-13-5-19(27)6-14-23)24-15-7-20(28)8-16-24/h1-16H. The first-order chi connectivity index (χ1) is 14.0. The van der Waals surface area contributed by atoms with Crippen LogP contribution in [0.4, 0.5) is 17.6 Å². The van der Waals surface area contributed by atoms with Gasteiger partial charge in [-0.05, 0) is 69.3 Å². The van der Waals surface area contributed by atoms with Gasteiger partial charge in [0, 0.05) is 0 Å². The zero-order chi connectivity index (χ0) is 20.4. The summed E-state index contributed by atoms with van der Waals surface area (Å²) in [6, 6.07) is 24.5. The highest BCUT2D eigenvalue weighted by molar-refractivity contribution is 7.19. The van der Waals surface area contributed by atoms with Crippen molar-refractivity contribution in [2.24, 2.45) is 0 Å². The molecule has 0 fully saturated rings. The molecule has 0 nitrogen and oxygen atoms in total. The Bertz CT molecular complexity index is 916. The van der Waals surface area contributed by atoms with Crippen molar-refractivity contribution in [2.45, 2.75) is 0 Å². The van der Waals surface area contributed by atoms with E-state index >= 15 is 0 Å². The van der Waals surface area contributed by atoms with Crippen molar-refractivity contribution in [2.75, 3.05) is 0 Å². The predicted molar refractivity (Wildman–Crippen MR) is 110 cm³/mol. The van der Waals surface area contributed by atoms with Crippen LogP contribution in [0.25, 0.3) is 0 Å². The summed E-state index contributed by atoms with van der Waals surface area (Å²) < 4.78 is 54.8. The SMILES string of the molecule is Fc1ccc([Si](c2ccc(F)cc2)(c2ccc(F)cc2)c2ccc(F)cc2)cc1. The second-order valence-electron chi connectivity index (χ2n) is 6.78. The van der Waals surface area contributed by atoms with Gasteiger partial charge in [-0.15, -0.1) is 0 Å². The van der Waals surface area contributed by atoms with Gasteiger partial charge >= 0.3 is 0 Å². The van der Waals surface area contributed by atoms with Crippen LogP contribution in [0.15, 0.2) is 97.1 Å². The summed E-state index contributed by atoms with van der Waals surface area (Å²) in [6.45, 7) is 0. The van der Waals surface area contributed by atoms with Crippen molar-refractivity contribution in [1.29, 1.82) is 0 Å². The van der Waals surface area contributed by atoms with Crippen LogP contribution in [-0.4, -0.2) is 8.07 Å². The van der Waals surface area contributed by atoms with Crippen LogP contribution in [0, 0.1) is 23.3 Å². The molecule has 0 bridgehead atoms. The Morgan fingerprint density at radius 3 is 0.655 bits per heavy atom. The first kappa shape index (κ1) is 19.1. The van der Waals surface area contributed by atoms with Crippen LogP contribution in [0.2, 0.25) is 0 Å². The second-order valence-corrected chi connectivity index (χ2v) is 10.6. The van der Waals surface area contributed by atoms with E-state index in [0.29, 0.717) is 0 Å². The molecule has 4 aromatic rings. The summed E-state index contributed by atoms with van der Waals surface area (Å²) in [5, 5.41) is 3.29. The predicted octanol–water partition coefficient (Wildman–Crippen LogP) is 3.62. The zero-order valence-corrected chi connectivity index (χ0v) is 16.2. The van der Waals surface area contributed by atoms with Crippen LogP contribution in [0.1, 0.15) is 0 Å². The van der Waals surface area contributed by atoms with E-state index in [-0.39, 0.29) is 23.3 Å². The molecular weight excluding hydrogens is 392 g/mol. The molecule has 0 aromatic heterocycles. The molecule has 5 heteroatoms. The average Bonchev–Trinajstić information content (AvgIpc) is 2.73. The fourth-order valence-electron chi connectivity index (χ4n) is 3.80. The van der Waals surface area contributed by atoms with Gasteiger partial charge in [-0.25, -0.2) is 17.6 Å². The summed E-state index contributed by atoms with van der Waals surface area (Å²) in [7, 11) is -3.06. The molecular formula is C24H16F4Si. The fourth-order valence-corrected chi connectivity index (χ4v) is 8.47. The molecule has 0 aliphatic carbocycles. The molecule has 0 atom stereocenters. The number of rotatable bonds is 4. The van der Waals surface area contributed by atoms with Crippen LogP contribution in [0.5, 0.6) is 0 Å². The molecule has 0 amide bonds. The molecule has 0 saturated carbocycles. The van der Waals surface area contributed by atoms with Gasteiger partial charge < -0.3 is 0 Å². The zero-order valence-electron chi connectivity index (χ0n) is 15.2. The molecule has 0 spiro atoms. The highest BCUT2D eigenvalue weighted by Crippen LogP contribution is 2.12. The lowest BCUT2D eigenvalue weighted by molar-refractivity contribution is 0.628. The normalized spacial score (nSPS) is 11.4. The molecule has 0 saturated heterocycles. The molecule has 4 aromatic carbocycles. The summed E-state index contributed by atoms with van der Waals surface area (Å²) >= 11 is 0. The van der Waals surface area contributed by atoms with E-state index in [2.05, 4.69) is 0 Å². The van der Waals surface area contributed by atoms with E-state index in [0.717, 1.165) is 20.7 Å². The minimum atomic E-state index is -3.06. The third-order valence-electron chi connectivity index (χ3n) is 5.11. The van der Waals surface area contributed by atoms with E-state index in [1.165, 1.54) is 48.5 Å². The van der Waals surface area contributed by atoms with E-state index in [9.17, 15) is 17.6 Å². The number of hydrogen-bond donors (Lipinski definition) is 0. The van der Waals surface area contributed by atoms with Crippen molar-refractivity contribution in [3.05, 3.63) is 120 Å².